The van der Waals surface area contributed by atoms with Crippen LogP contribution < -0.4 is 9.47 Å². The lowest BCUT2D eigenvalue weighted by molar-refractivity contribution is 0.394. The molecular weight excluding hydrogens is 266 g/mol. The molecule has 0 spiro atoms. The Morgan fingerprint density at radius 2 is 1.63 bits per heavy atom. The summed E-state index contributed by atoms with van der Waals surface area (Å²) in [6.07, 6.45) is 0. The lowest BCUT2D eigenvalue weighted by Crippen LogP contribution is -2.04. The fourth-order valence-electron chi connectivity index (χ4n) is 1.81. The van der Waals surface area contributed by atoms with Gasteiger partial charge in [0.15, 0.2) is 0 Å². The number of hydrogen-bond acceptors (Lipinski definition) is 4. The van der Waals surface area contributed by atoms with E-state index in [0.717, 1.165) is 11.5 Å². The van der Waals surface area contributed by atoms with E-state index in [9.17, 15) is 0 Å². The number of aromatic nitrogens is 3. The summed E-state index contributed by atoms with van der Waals surface area (Å²) < 4.78 is 12.3. The van der Waals surface area contributed by atoms with Crippen LogP contribution in [0.4, 0.5) is 0 Å². The minimum atomic E-state index is 0.206. The first kappa shape index (κ1) is 13.7. The molecule has 2 rings (SSSR count). The van der Waals surface area contributed by atoms with Gasteiger partial charge in [0.1, 0.15) is 17.3 Å². The normalized spacial score (nSPS) is 10.8. The lowest BCUT2D eigenvalue weighted by atomic mass is 10.2. The van der Waals surface area contributed by atoms with E-state index in [1.54, 1.807) is 24.9 Å². The van der Waals surface area contributed by atoms with Crippen LogP contribution in [0.1, 0.15) is 25.6 Å². The summed E-state index contributed by atoms with van der Waals surface area (Å²) in [5.41, 5.74) is 0.815. The Bertz CT molecular complexity index is 559. The molecule has 5 nitrogen and oxygen atoms in total. The van der Waals surface area contributed by atoms with Crippen LogP contribution in [-0.2, 0) is 0 Å². The molecule has 1 aromatic heterocycles. The molecule has 0 aliphatic heterocycles. The fraction of sp³-hybridized carbons (Fsp3) is 0.385. The third-order valence-electron chi connectivity index (χ3n) is 2.76. The smallest absolute Gasteiger partial charge is 0.229 e. The summed E-state index contributed by atoms with van der Waals surface area (Å²) in [6, 6.07) is 5.53. The minimum absolute atomic E-state index is 0.206. The summed E-state index contributed by atoms with van der Waals surface area (Å²) in [5, 5.41) is 8.34. The highest BCUT2D eigenvalue weighted by molar-refractivity contribution is 6.28. The molecule has 0 aliphatic rings. The van der Waals surface area contributed by atoms with Crippen LogP contribution in [-0.4, -0.2) is 29.0 Å². The van der Waals surface area contributed by atoms with Crippen LogP contribution in [0.5, 0.6) is 11.5 Å². The summed E-state index contributed by atoms with van der Waals surface area (Å²) in [5.74, 6) is 2.38. The van der Waals surface area contributed by atoms with Gasteiger partial charge in [-0.1, -0.05) is 13.8 Å². The molecule has 0 bridgehead atoms. The predicted octanol–water partition coefficient (Wildman–Crippen LogP) is 3.06. The van der Waals surface area contributed by atoms with Crippen molar-refractivity contribution in [3.63, 3.8) is 0 Å². The Hall–Kier alpha value is -1.75. The molecule has 1 heterocycles. The Labute approximate surface area is 117 Å². The van der Waals surface area contributed by atoms with Gasteiger partial charge >= 0.3 is 0 Å². The number of nitrogens with zero attached hydrogens (tertiary/aromatic N) is 3. The molecule has 0 radical (unpaired) electrons. The van der Waals surface area contributed by atoms with Crippen LogP contribution >= 0.6 is 11.6 Å². The van der Waals surface area contributed by atoms with E-state index in [1.165, 1.54) is 0 Å². The topological polar surface area (TPSA) is 49.2 Å². The van der Waals surface area contributed by atoms with E-state index in [4.69, 9.17) is 21.1 Å². The van der Waals surface area contributed by atoms with Crippen LogP contribution in [0.2, 0.25) is 5.28 Å². The Balaban J connectivity index is 2.61. The van der Waals surface area contributed by atoms with Gasteiger partial charge < -0.3 is 9.47 Å². The van der Waals surface area contributed by atoms with Crippen LogP contribution in [0, 0.1) is 0 Å². The third-order valence-corrected chi connectivity index (χ3v) is 3.00. The van der Waals surface area contributed by atoms with E-state index in [1.807, 2.05) is 26.0 Å². The van der Waals surface area contributed by atoms with E-state index < -0.39 is 0 Å². The first-order valence-electron chi connectivity index (χ1n) is 5.91. The molecule has 0 N–H and O–H groups in total. The largest absolute Gasteiger partial charge is 0.497 e. The maximum absolute atomic E-state index is 6.12. The molecule has 0 unspecified atom stereocenters. The molecule has 6 heteroatoms. The Kier molecular flexibility index (Phi) is 3.95. The molecule has 0 amide bonds. The predicted molar refractivity (Wildman–Crippen MR) is 73.6 cm³/mol. The van der Waals surface area contributed by atoms with Crippen molar-refractivity contribution >= 4 is 11.6 Å². The average molecular weight is 282 g/mol. The van der Waals surface area contributed by atoms with Crippen molar-refractivity contribution in [3.05, 3.63) is 29.3 Å². The van der Waals surface area contributed by atoms with Gasteiger partial charge in [-0.2, -0.15) is 0 Å². The lowest BCUT2D eigenvalue weighted by Gasteiger charge is -2.13. The maximum atomic E-state index is 6.12. The van der Waals surface area contributed by atoms with E-state index in [-0.39, 0.29) is 5.92 Å². The van der Waals surface area contributed by atoms with Crippen molar-refractivity contribution in [2.45, 2.75) is 19.8 Å². The number of halogens is 1. The standard InChI is InChI=1S/C13H16ClN3O2/c1-8(2)12-15-16-13(14)17(12)9-5-10(18-3)7-11(6-9)19-4/h5-8H,1-4H3. The zero-order valence-corrected chi connectivity index (χ0v) is 12.1. The molecule has 19 heavy (non-hydrogen) atoms. The van der Waals surface area contributed by atoms with Gasteiger partial charge in [0.2, 0.25) is 5.28 Å². The summed E-state index contributed by atoms with van der Waals surface area (Å²) in [6.45, 7) is 4.07. The van der Waals surface area contributed by atoms with Crippen molar-refractivity contribution < 1.29 is 9.47 Å². The average Bonchev–Trinajstić information content (AvgIpc) is 2.80. The monoisotopic (exact) mass is 281 g/mol. The Morgan fingerprint density at radius 1 is 1.05 bits per heavy atom. The molecule has 0 fully saturated rings. The van der Waals surface area contributed by atoms with Crippen molar-refractivity contribution in [2.24, 2.45) is 0 Å². The minimum Gasteiger partial charge on any atom is -0.497 e. The van der Waals surface area contributed by atoms with Crippen LogP contribution in [0.3, 0.4) is 0 Å². The first-order chi connectivity index (χ1) is 9.06. The quantitative estimate of drug-likeness (QED) is 0.864. The molecule has 2 aromatic rings. The highest BCUT2D eigenvalue weighted by atomic mass is 35.5. The Morgan fingerprint density at radius 3 is 2.11 bits per heavy atom. The van der Waals surface area contributed by atoms with Crippen molar-refractivity contribution in [3.8, 4) is 17.2 Å². The number of rotatable bonds is 4. The van der Waals surface area contributed by atoms with Gasteiger partial charge in [0, 0.05) is 24.1 Å². The molecule has 0 saturated heterocycles. The second-order valence-corrected chi connectivity index (χ2v) is 4.73. The third kappa shape index (κ3) is 2.66. The van der Waals surface area contributed by atoms with E-state index in [2.05, 4.69) is 10.2 Å². The number of methoxy groups -OCH3 is 2. The van der Waals surface area contributed by atoms with Gasteiger partial charge in [-0.25, -0.2) is 0 Å². The van der Waals surface area contributed by atoms with E-state index in [0.29, 0.717) is 16.8 Å². The number of benzene rings is 1. The molecule has 102 valence electrons. The first-order valence-corrected chi connectivity index (χ1v) is 6.29. The fourth-order valence-corrected chi connectivity index (χ4v) is 2.03. The van der Waals surface area contributed by atoms with Gasteiger partial charge in [-0.15, -0.1) is 10.2 Å². The molecule has 0 aliphatic carbocycles. The zero-order chi connectivity index (χ0) is 14.0. The zero-order valence-electron chi connectivity index (χ0n) is 11.3. The van der Waals surface area contributed by atoms with Crippen molar-refractivity contribution in [2.75, 3.05) is 14.2 Å². The number of hydrogen-bond donors (Lipinski definition) is 0. The molecule has 0 atom stereocenters. The van der Waals surface area contributed by atoms with Gasteiger partial charge in [-0.3, -0.25) is 4.57 Å². The maximum Gasteiger partial charge on any atom is 0.229 e. The van der Waals surface area contributed by atoms with E-state index >= 15 is 0 Å². The summed E-state index contributed by atoms with van der Waals surface area (Å²) in [7, 11) is 3.21. The van der Waals surface area contributed by atoms with Crippen LogP contribution in [0.15, 0.2) is 18.2 Å². The summed E-state index contributed by atoms with van der Waals surface area (Å²) in [4.78, 5) is 0. The molecular formula is C13H16ClN3O2. The van der Waals surface area contributed by atoms with Crippen molar-refractivity contribution in [1.29, 1.82) is 0 Å². The second-order valence-electron chi connectivity index (χ2n) is 4.39. The SMILES string of the molecule is COc1cc(OC)cc(-n2c(Cl)nnc2C(C)C)c1. The highest BCUT2D eigenvalue weighted by Gasteiger charge is 2.16. The van der Waals surface area contributed by atoms with Crippen LogP contribution in [0.25, 0.3) is 5.69 Å². The second kappa shape index (κ2) is 5.48. The highest BCUT2D eigenvalue weighted by Crippen LogP contribution is 2.29. The van der Waals surface area contributed by atoms with Gasteiger partial charge in [0.25, 0.3) is 0 Å². The number of ether oxygens (including phenoxy) is 2. The van der Waals surface area contributed by atoms with Crippen molar-refractivity contribution in [1.82, 2.24) is 14.8 Å². The van der Waals surface area contributed by atoms with Gasteiger partial charge in [-0.05, 0) is 11.6 Å². The summed E-state index contributed by atoms with van der Waals surface area (Å²) >= 11 is 6.12. The molecule has 1 aromatic carbocycles. The molecule has 0 saturated carbocycles. The van der Waals surface area contributed by atoms with Gasteiger partial charge in [0.05, 0.1) is 19.9 Å².